The molecule has 0 bridgehead atoms. The zero-order valence-corrected chi connectivity index (χ0v) is 9.03. The Balaban J connectivity index is 2.53. The first kappa shape index (κ1) is 11.7. The second-order valence-electron chi connectivity index (χ2n) is 3.53. The quantitative estimate of drug-likeness (QED) is 0.772. The van der Waals surface area contributed by atoms with Crippen LogP contribution in [0.1, 0.15) is 36.3 Å². The smallest absolute Gasteiger partial charge is 0.337 e. The largest absolute Gasteiger partial charge is 0.478 e. The summed E-state index contributed by atoms with van der Waals surface area (Å²) in [6.07, 6.45) is 2.45. The van der Waals surface area contributed by atoms with Crippen LogP contribution in [-0.4, -0.2) is 22.1 Å². The van der Waals surface area contributed by atoms with Gasteiger partial charge in [0.15, 0.2) is 0 Å². The van der Waals surface area contributed by atoms with Crippen molar-refractivity contribution in [3.63, 3.8) is 0 Å². The molecular weight excluding hydrogens is 192 g/mol. The van der Waals surface area contributed by atoms with Crippen LogP contribution in [0.5, 0.6) is 0 Å². The number of hydrogen-bond acceptors (Lipinski definition) is 3. The van der Waals surface area contributed by atoms with Crippen molar-refractivity contribution in [2.24, 2.45) is 0 Å². The van der Waals surface area contributed by atoms with Crippen molar-refractivity contribution in [2.45, 2.75) is 32.9 Å². The number of carboxylic acid groups (broad SMARTS) is 1. The number of carbonyl (C=O) groups is 1. The molecule has 0 amide bonds. The topological polar surface area (TPSA) is 62.2 Å². The highest BCUT2D eigenvalue weighted by Crippen LogP contribution is 2.01. The Morgan fingerprint density at radius 3 is 2.80 bits per heavy atom. The van der Waals surface area contributed by atoms with E-state index < -0.39 is 5.97 Å². The van der Waals surface area contributed by atoms with Crippen LogP contribution in [0.25, 0.3) is 0 Å². The summed E-state index contributed by atoms with van der Waals surface area (Å²) in [6.45, 7) is 4.89. The molecule has 0 fully saturated rings. The second-order valence-corrected chi connectivity index (χ2v) is 3.53. The van der Waals surface area contributed by atoms with Crippen LogP contribution in [0.4, 0.5) is 0 Å². The predicted molar refractivity (Wildman–Crippen MR) is 57.8 cm³/mol. The summed E-state index contributed by atoms with van der Waals surface area (Å²) in [5.74, 6) is -0.941. The fourth-order valence-corrected chi connectivity index (χ4v) is 1.08. The Bertz CT molecular complexity index is 322. The number of nitrogens with one attached hydrogen (secondary N) is 1. The third kappa shape index (κ3) is 3.67. The lowest BCUT2D eigenvalue weighted by Gasteiger charge is -2.10. The van der Waals surface area contributed by atoms with Crippen LogP contribution in [-0.2, 0) is 6.54 Å². The van der Waals surface area contributed by atoms with Crippen LogP contribution in [0.2, 0.25) is 0 Å². The summed E-state index contributed by atoms with van der Waals surface area (Å²) in [6, 6.07) is 3.76. The van der Waals surface area contributed by atoms with Gasteiger partial charge < -0.3 is 10.4 Å². The predicted octanol–water partition coefficient (Wildman–Crippen LogP) is 1.67. The minimum absolute atomic E-state index is 0.224. The molecule has 82 valence electrons. The van der Waals surface area contributed by atoms with Crippen molar-refractivity contribution >= 4 is 5.97 Å². The van der Waals surface area contributed by atoms with Gasteiger partial charge in [0.2, 0.25) is 0 Å². The molecule has 4 heteroatoms. The highest BCUT2D eigenvalue weighted by Gasteiger charge is 2.03. The van der Waals surface area contributed by atoms with E-state index in [0.29, 0.717) is 12.6 Å². The molecular formula is C11H16N2O2. The third-order valence-electron chi connectivity index (χ3n) is 2.32. The summed E-state index contributed by atoms with van der Waals surface area (Å²) in [4.78, 5) is 14.6. The summed E-state index contributed by atoms with van der Waals surface area (Å²) >= 11 is 0. The third-order valence-corrected chi connectivity index (χ3v) is 2.32. The summed E-state index contributed by atoms with van der Waals surface area (Å²) < 4.78 is 0. The van der Waals surface area contributed by atoms with Gasteiger partial charge in [0.25, 0.3) is 0 Å². The lowest BCUT2D eigenvalue weighted by atomic mass is 10.2. The van der Waals surface area contributed by atoms with Gasteiger partial charge in [-0.15, -0.1) is 0 Å². The lowest BCUT2D eigenvalue weighted by Crippen LogP contribution is -2.24. The molecule has 1 atom stereocenters. The average Bonchev–Trinajstić information content (AvgIpc) is 2.26. The zero-order valence-electron chi connectivity index (χ0n) is 9.03. The van der Waals surface area contributed by atoms with Crippen LogP contribution in [0, 0.1) is 0 Å². The van der Waals surface area contributed by atoms with Crippen LogP contribution < -0.4 is 5.32 Å². The zero-order chi connectivity index (χ0) is 11.3. The number of aromatic carboxylic acids is 1. The molecule has 0 aliphatic rings. The molecule has 4 nitrogen and oxygen atoms in total. The van der Waals surface area contributed by atoms with E-state index in [0.717, 1.165) is 12.1 Å². The molecule has 15 heavy (non-hydrogen) atoms. The van der Waals surface area contributed by atoms with Gasteiger partial charge in [-0.1, -0.05) is 6.92 Å². The summed E-state index contributed by atoms with van der Waals surface area (Å²) in [5, 5.41) is 12.0. The fraction of sp³-hybridized carbons (Fsp3) is 0.455. The van der Waals surface area contributed by atoms with E-state index >= 15 is 0 Å². The number of pyridine rings is 1. The van der Waals surface area contributed by atoms with E-state index in [4.69, 9.17) is 5.11 Å². The maximum atomic E-state index is 10.6. The fourth-order valence-electron chi connectivity index (χ4n) is 1.08. The molecule has 1 aromatic heterocycles. The number of rotatable bonds is 5. The van der Waals surface area contributed by atoms with Gasteiger partial charge >= 0.3 is 5.97 Å². The van der Waals surface area contributed by atoms with E-state index in [1.54, 1.807) is 12.1 Å². The standard InChI is InChI=1S/C11H16N2O2/c1-3-8(2)12-7-10-5-4-9(6-13-10)11(14)15/h4-6,8,12H,3,7H2,1-2H3,(H,14,15). The Hall–Kier alpha value is -1.42. The van der Waals surface area contributed by atoms with Crippen LogP contribution >= 0.6 is 0 Å². The number of hydrogen-bond donors (Lipinski definition) is 2. The second kappa shape index (κ2) is 5.46. The van der Waals surface area contributed by atoms with Gasteiger partial charge in [0.05, 0.1) is 11.3 Å². The molecule has 0 aromatic carbocycles. The molecule has 0 aliphatic carbocycles. The number of carboxylic acids is 1. The molecule has 0 saturated carbocycles. The van der Waals surface area contributed by atoms with Crippen molar-refractivity contribution in [1.82, 2.24) is 10.3 Å². The van der Waals surface area contributed by atoms with E-state index in [-0.39, 0.29) is 5.56 Å². The molecule has 1 rings (SSSR count). The summed E-state index contributed by atoms with van der Waals surface area (Å²) in [7, 11) is 0. The number of nitrogens with zero attached hydrogens (tertiary/aromatic N) is 1. The molecule has 0 spiro atoms. The molecule has 1 heterocycles. The first-order chi connectivity index (χ1) is 7.13. The number of aromatic nitrogens is 1. The maximum Gasteiger partial charge on any atom is 0.337 e. The van der Waals surface area contributed by atoms with E-state index in [2.05, 4.69) is 24.1 Å². The van der Waals surface area contributed by atoms with Crippen LogP contribution in [0.15, 0.2) is 18.3 Å². The minimum atomic E-state index is -0.941. The summed E-state index contributed by atoms with van der Waals surface area (Å²) in [5.41, 5.74) is 1.09. The van der Waals surface area contributed by atoms with Gasteiger partial charge in [0, 0.05) is 18.8 Å². The SMILES string of the molecule is CCC(C)NCc1ccc(C(=O)O)cn1. The molecule has 1 unspecified atom stereocenters. The van der Waals surface area contributed by atoms with Gasteiger partial charge in [0.1, 0.15) is 0 Å². The maximum absolute atomic E-state index is 10.6. The van der Waals surface area contributed by atoms with Crippen LogP contribution in [0.3, 0.4) is 0 Å². The lowest BCUT2D eigenvalue weighted by molar-refractivity contribution is 0.0696. The first-order valence-corrected chi connectivity index (χ1v) is 5.05. The Morgan fingerprint density at radius 2 is 2.33 bits per heavy atom. The van der Waals surface area contributed by atoms with Gasteiger partial charge in [-0.05, 0) is 25.5 Å². The molecule has 0 saturated heterocycles. The van der Waals surface area contributed by atoms with E-state index in [9.17, 15) is 4.79 Å². The minimum Gasteiger partial charge on any atom is -0.478 e. The molecule has 1 aromatic rings. The highest BCUT2D eigenvalue weighted by atomic mass is 16.4. The van der Waals surface area contributed by atoms with Crippen molar-refractivity contribution in [1.29, 1.82) is 0 Å². The van der Waals surface area contributed by atoms with E-state index in [1.807, 2.05) is 0 Å². The van der Waals surface area contributed by atoms with Gasteiger partial charge in [-0.3, -0.25) is 4.98 Å². The van der Waals surface area contributed by atoms with Crippen molar-refractivity contribution in [3.05, 3.63) is 29.6 Å². The van der Waals surface area contributed by atoms with Gasteiger partial charge in [-0.25, -0.2) is 4.79 Å². The normalized spacial score (nSPS) is 12.4. The highest BCUT2D eigenvalue weighted by molar-refractivity contribution is 5.87. The Labute approximate surface area is 89.3 Å². The Morgan fingerprint density at radius 1 is 1.60 bits per heavy atom. The molecule has 0 aliphatic heterocycles. The van der Waals surface area contributed by atoms with Crippen molar-refractivity contribution in [2.75, 3.05) is 0 Å². The molecule has 2 N–H and O–H groups in total. The Kier molecular flexibility index (Phi) is 4.24. The molecule has 0 radical (unpaired) electrons. The first-order valence-electron chi connectivity index (χ1n) is 5.05. The average molecular weight is 208 g/mol. The van der Waals surface area contributed by atoms with Gasteiger partial charge in [-0.2, -0.15) is 0 Å². The van der Waals surface area contributed by atoms with E-state index in [1.165, 1.54) is 6.20 Å². The monoisotopic (exact) mass is 208 g/mol. The van der Waals surface area contributed by atoms with Crippen molar-refractivity contribution in [3.8, 4) is 0 Å². The van der Waals surface area contributed by atoms with Crippen molar-refractivity contribution < 1.29 is 9.90 Å².